The van der Waals surface area contributed by atoms with Crippen LogP contribution in [0.3, 0.4) is 0 Å². The van der Waals surface area contributed by atoms with E-state index in [9.17, 15) is 4.79 Å². The lowest BCUT2D eigenvalue weighted by Gasteiger charge is -2.45. The molecule has 0 radical (unpaired) electrons. The highest BCUT2D eigenvalue weighted by Crippen LogP contribution is 2.42. The fourth-order valence-corrected chi connectivity index (χ4v) is 4.21. The number of benzene rings is 1. The molecule has 1 amide bonds. The third-order valence-electron chi connectivity index (χ3n) is 5.72. The summed E-state index contributed by atoms with van der Waals surface area (Å²) in [6.45, 7) is 2.94. The lowest BCUT2D eigenvalue weighted by atomic mass is 9.79. The highest BCUT2D eigenvalue weighted by molar-refractivity contribution is 5.76. The second-order valence-corrected chi connectivity index (χ2v) is 7.26. The largest absolute Gasteiger partial charge is 0.497 e. The molecule has 2 aliphatic rings. The zero-order chi connectivity index (χ0) is 18.7. The van der Waals surface area contributed by atoms with E-state index in [0.29, 0.717) is 6.42 Å². The Balaban J connectivity index is 1.35. The molecule has 27 heavy (non-hydrogen) atoms. The molecule has 1 spiro atoms. The first-order chi connectivity index (χ1) is 13.2. The molecule has 1 aromatic heterocycles. The summed E-state index contributed by atoms with van der Waals surface area (Å²) < 4.78 is 13.4. The number of aromatic nitrogens is 3. The predicted octanol–water partition coefficient (Wildman–Crippen LogP) is 2.16. The number of piperidine rings is 1. The zero-order valence-corrected chi connectivity index (χ0v) is 15.8. The molecular weight excluding hydrogens is 344 g/mol. The van der Waals surface area contributed by atoms with Crippen LogP contribution in [-0.4, -0.2) is 52.4 Å². The van der Waals surface area contributed by atoms with Crippen LogP contribution in [0.1, 0.15) is 36.8 Å². The maximum Gasteiger partial charge on any atom is 0.222 e. The SMILES string of the molecule is COc1ccc2c(c1)CCOC21CCN(C(=O)CCCn2cncn2)CC1. The van der Waals surface area contributed by atoms with E-state index in [0.717, 1.165) is 57.7 Å². The van der Waals surface area contributed by atoms with Crippen LogP contribution in [0.4, 0.5) is 0 Å². The highest BCUT2D eigenvalue weighted by atomic mass is 16.5. The molecule has 0 saturated carbocycles. The first kappa shape index (κ1) is 18.0. The van der Waals surface area contributed by atoms with E-state index in [1.165, 1.54) is 17.5 Å². The molecule has 1 fully saturated rings. The van der Waals surface area contributed by atoms with E-state index in [4.69, 9.17) is 9.47 Å². The van der Waals surface area contributed by atoms with Crippen molar-refractivity contribution in [1.82, 2.24) is 19.7 Å². The van der Waals surface area contributed by atoms with Gasteiger partial charge in [0.05, 0.1) is 19.3 Å². The Morgan fingerprint density at radius 2 is 2.19 bits per heavy atom. The number of rotatable bonds is 5. The summed E-state index contributed by atoms with van der Waals surface area (Å²) >= 11 is 0. The topological polar surface area (TPSA) is 69.5 Å². The van der Waals surface area contributed by atoms with Gasteiger partial charge < -0.3 is 14.4 Å². The summed E-state index contributed by atoms with van der Waals surface area (Å²) in [5, 5.41) is 4.07. The van der Waals surface area contributed by atoms with Crippen molar-refractivity contribution in [3.05, 3.63) is 42.0 Å². The van der Waals surface area contributed by atoms with Crippen LogP contribution in [0.2, 0.25) is 0 Å². The lowest BCUT2D eigenvalue weighted by molar-refractivity contribution is -0.140. The van der Waals surface area contributed by atoms with Gasteiger partial charge in [-0.15, -0.1) is 0 Å². The molecule has 0 bridgehead atoms. The number of hydrogen-bond acceptors (Lipinski definition) is 5. The minimum atomic E-state index is -0.253. The van der Waals surface area contributed by atoms with Crippen LogP contribution < -0.4 is 4.74 Å². The number of fused-ring (bicyclic) bond motifs is 2. The van der Waals surface area contributed by atoms with Crippen molar-refractivity contribution < 1.29 is 14.3 Å². The Hall–Kier alpha value is -2.41. The number of hydrogen-bond donors (Lipinski definition) is 0. The Morgan fingerprint density at radius 3 is 2.93 bits per heavy atom. The molecule has 4 rings (SSSR count). The van der Waals surface area contributed by atoms with Gasteiger partial charge in [0.15, 0.2) is 0 Å². The average molecular weight is 370 g/mol. The second-order valence-electron chi connectivity index (χ2n) is 7.26. The van der Waals surface area contributed by atoms with Gasteiger partial charge in [-0.3, -0.25) is 9.48 Å². The maximum atomic E-state index is 12.6. The van der Waals surface area contributed by atoms with E-state index in [2.05, 4.69) is 22.2 Å². The van der Waals surface area contributed by atoms with Crippen molar-refractivity contribution in [2.45, 2.75) is 44.2 Å². The van der Waals surface area contributed by atoms with E-state index >= 15 is 0 Å². The van der Waals surface area contributed by atoms with Crippen molar-refractivity contribution in [3.63, 3.8) is 0 Å². The fraction of sp³-hybridized carbons (Fsp3) is 0.550. The van der Waals surface area contributed by atoms with Gasteiger partial charge in [-0.25, -0.2) is 4.98 Å². The van der Waals surface area contributed by atoms with Gasteiger partial charge in [0.25, 0.3) is 0 Å². The summed E-state index contributed by atoms with van der Waals surface area (Å²) in [6, 6.07) is 6.28. The summed E-state index contributed by atoms with van der Waals surface area (Å²) in [5.41, 5.74) is 2.33. The number of carbonyl (C=O) groups excluding carboxylic acids is 1. The average Bonchev–Trinajstić information content (AvgIpc) is 3.22. The van der Waals surface area contributed by atoms with Crippen LogP contribution in [0.15, 0.2) is 30.9 Å². The Kier molecular flexibility index (Phi) is 5.11. The maximum absolute atomic E-state index is 12.6. The summed E-state index contributed by atoms with van der Waals surface area (Å²) in [6.07, 6.45) is 7.14. The minimum absolute atomic E-state index is 0.218. The molecule has 2 aromatic rings. The van der Waals surface area contributed by atoms with E-state index in [1.807, 2.05) is 11.0 Å². The van der Waals surface area contributed by atoms with Crippen LogP contribution in [0, 0.1) is 0 Å². The highest BCUT2D eigenvalue weighted by Gasteiger charge is 2.41. The second kappa shape index (κ2) is 7.68. The number of amides is 1. The monoisotopic (exact) mass is 370 g/mol. The molecule has 2 aliphatic heterocycles. The van der Waals surface area contributed by atoms with Gasteiger partial charge >= 0.3 is 0 Å². The number of nitrogens with zero attached hydrogens (tertiary/aromatic N) is 4. The van der Waals surface area contributed by atoms with Crippen molar-refractivity contribution in [2.24, 2.45) is 0 Å². The van der Waals surface area contributed by atoms with Crippen molar-refractivity contribution in [1.29, 1.82) is 0 Å². The molecule has 7 nitrogen and oxygen atoms in total. The first-order valence-electron chi connectivity index (χ1n) is 9.62. The van der Waals surface area contributed by atoms with Gasteiger partial charge in [0.2, 0.25) is 5.91 Å². The van der Waals surface area contributed by atoms with Crippen molar-refractivity contribution in [2.75, 3.05) is 26.8 Å². The quantitative estimate of drug-likeness (QED) is 0.807. The Labute approximate surface area is 159 Å². The van der Waals surface area contributed by atoms with Crippen molar-refractivity contribution in [3.8, 4) is 5.75 Å². The fourth-order valence-electron chi connectivity index (χ4n) is 4.21. The summed E-state index contributed by atoms with van der Waals surface area (Å²) in [5.74, 6) is 1.11. The smallest absolute Gasteiger partial charge is 0.222 e. The number of aryl methyl sites for hydroxylation is 1. The molecule has 1 saturated heterocycles. The van der Waals surface area contributed by atoms with Gasteiger partial charge in [0, 0.05) is 26.1 Å². The van der Waals surface area contributed by atoms with E-state index < -0.39 is 0 Å². The van der Waals surface area contributed by atoms with Crippen LogP contribution in [0.25, 0.3) is 0 Å². The first-order valence-corrected chi connectivity index (χ1v) is 9.62. The van der Waals surface area contributed by atoms with E-state index in [-0.39, 0.29) is 11.5 Å². The van der Waals surface area contributed by atoms with Gasteiger partial charge in [-0.05, 0) is 48.9 Å². The van der Waals surface area contributed by atoms with Crippen LogP contribution in [-0.2, 0) is 28.1 Å². The normalized spacial score (nSPS) is 18.3. The standard InChI is InChI=1S/C20H26N4O3/c1-26-17-4-5-18-16(13-17)6-12-27-20(18)7-10-23(11-8-20)19(25)3-2-9-24-15-21-14-22-24/h4-5,13-15H,2-3,6-12H2,1H3. The predicted molar refractivity (Wildman–Crippen MR) is 99.4 cm³/mol. The third-order valence-corrected chi connectivity index (χ3v) is 5.72. The van der Waals surface area contributed by atoms with Gasteiger partial charge in [-0.2, -0.15) is 5.10 Å². The van der Waals surface area contributed by atoms with Gasteiger partial charge in [0.1, 0.15) is 18.4 Å². The number of carbonyl (C=O) groups is 1. The minimum Gasteiger partial charge on any atom is -0.497 e. The molecule has 0 atom stereocenters. The summed E-state index contributed by atoms with van der Waals surface area (Å²) in [4.78, 5) is 18.5. The zero-order valence-electron chi connectivity index (χ0n) is 15.8. The Bertz CT molecular complexity index is 783. The molecule has 0 unspecified atom stereocenters. The number of likely N-dealkylation sites (tertiary alicyclic amines) is 1. The van der Waals surface area contributed by atoms with Crippen LogP contribution >= 0.6 is 0 Å². The molecule has 0 aliphatic carbocycles. The van der Waals surface area contributed by atoms with E-state index in [1.54, 1.807) is 18.1 Å². The molecule has 3 heterocycles. The third kappa shape index (κ3) is 3.69. The van der Waals surface area contributed by atoms with Crippen LogP contribution in [0.5, 0.6) is 5.75 Å². The van der Waals surface area contributed by atoms with Gasteiger partial charge in [-0.1, -0.05) is 6.07 Å². The number of methoxy groups -OCH3 is 1. The molecule has 1 aromatic carbocycles. The van der Waals surface area contributed by atoms with Crippen molar-refractivity contribution >= 4 is 5.91 Å². The lowest BCUT2D eigenvalue weighted by Crippen LogP contribution is -2.48. The summed E-state index contributed by atoms with van der Waals surface area (Å²) in [7, 11) is 1.70. The molecular formula is C20H26N4O3. The molecule has 144 valence electrons. The Morgan fingerprint density at radius 1 is 1.33 bits per heavy atom. The number of ether oxygens (including phenoxy) is 2. The molecule has 0 N–H and O–H groups in total. The molecule has 7 heteroatoms.